The Morgan fingerprint density at radius 1 is 1.30 bits per heavy atom. The molecule has 2 heterocycles. The van der Waals surface area contributed by atoms with E-state index >= 15 is 0 Å². The van der Waals surface area contributed by atoms with Gasteiger partial charge in [0.1, 0.15) is 0 Å². The summed E-state index contributed by atoms with van der Waals surface area (Å²) in [6.07, 6.45) is 0.305. The summed E-state index contributed by atoms with van der Waals surface area (Å²) in [6, 6.07) is 2.91. The van der Waals surface area contributed by atoms with E-state index in [1.54, 1.807) is 25.1 Å². The number of methoxy groups -OCH3 is 1. The molecule has 146 valence electrons. The summed E-state index contributed by atoms with van der Waals surface area (Å²) in [6.45, 7) is 1.59. The van der Waals surface area contributed by atoms with Crippen molar-refractivity contribution in [3.8, 4) is 0 Å². The van der Waals surface area contributed by atoms with Gasteiger partial charge >= 0.3 is 12.0 Å². The van der Waals surface area contributed by atoms with E-state index < -0.39 is 33.9 Å². The number of benzene rings is 1. The van der Waals surface area contributed by atoms with Gasteiger partial charge in [0.2, 0.25) is 0 Å². The summed E-state index contributed by atoms with van der Waals surface area (Å²) in [5.41, 5.74) is 0.873. The average molecular weight is 433 g/mol. The van der Waals surface area contributed by atoms with Crippen LogP contribution in [0.25, 0.3) is 0 Å². The largest absolute Gasteiger partial charge is 0.466 e. The zero-order valence-electron chi connectivity index (χ0n) is 14.7. The van der Waals surface area contributed by atoms with Gasteiger partial charge in [0.05, 0.1) is 36.3 Å². The second-order valence-electron chi connectivity index (χ2n) is 6.44. The highest BCUT2D eigenvalue weighted by atomic mass is 35.5. The van der Waals surface area contributed by atoms with Crippen molar-refractivity contribution >= 4 is 45.0 Å². The predicted octanol–water partition coefficient (Wildman–Crippen LogP) is 2.69. The van der Waals surface area contributed by atoms with E-state index in [0.717, 1.165) is 0 Å². The summed E-state index contributed by atoms with van der Waals surface area (Å²) >= 11 is 12.5. The molecule has 0 bridgehead atoms. The number of nitrogens with one attached hydrogen (secondary N) is 1. The van der Waals surface area contributed by atoms with E-state index in [2.05, 4.69) is 5.32 Å². The number of hydrogen-bond acceptors (Lipinski definition) is 5. The number of nitrogens with zero attached hydrogens (tertiary/aromatic N) is 1. The maximum Gasteiger partial charge on any atom is 0.337 e. The molecule has 2 atom stereocenters. The third kappa shape index (κ3) is 3.66. The molecule has 1 aromatic carbocycles. The van der Waals surface area contributed by atoms with Crippen LogP contribution >= 0.6 is 23.2 Å². The topological polar surface area (TPSA) is 92.8 Å². The molecule has 0 radical (unpaired) electrons. The van der Waals surface area contributed by atoms with Gasteiger partial charge in [-0.3, -0.25) is 4.90 Å². The van der Waals surface area contributed by atoms with Crippen LogP contribution < -0.4 is 5.32 Å². The van der Waals surface area contributed by atoms with Crippen LogP contribution in [0.5, 0.6) is 0 Å². The van der Waals surface area contributed by atoms with Crippen molar-refractivity contribution in [2.45, 2.75) is 25.4 Å². The Bertz CT molecular complexity index is 924. The van der Waals surface area contributed by atoms with Gasteiger partial charge in [0.15, 0.2) is 9.84 Å². The van der Waals surface area contributed by atoms with Crippen molar-refractivity contribution in [2.75, 3.05) is 18.6 Å². The van der Waals surface area contributed by atoms with E-state index in [4.69, 9.17) is 27.9 Å². The number of carbonyl (C=O) groups excluding carboxylic acids is 2. The quantitative estimate of drug-likeness (QED) is 0.740. The number of sulfone groups is 1. The smallest absolute Gasteiger partial charge is 0.337 e. The molecule has 7 nitrogen and oxygen atoms in total. The molecular formula is C17H18Cl2N2O5S. The van der Waals surface area contributed by atoms with Gasteiger partial charge in [-0.1, -0.05) is 29.3 Å². The van der Waals surface area contributed by atoms with Crippen LogP contribution in [-0.4, -0.2) is 50.0 Å². The first kappa shape index (κ1) is 20.0. The monoisotopic (exact) mass is 432 g/mol. The Kier molecular flexibility index (Phi) is 5.42. The second kappa shape index (κ2) is 7.33. The van der Waals surface area contributed by atoms with Gasteiger partial charge in [-0.15, -0.1) is 0 Å². The van der Waals surface area contributed by atoms with Crippen LogP contribution in [-0.2, 0) is 19.4 Å². The van der Waals surface area contributed by atoms with Crippen LogP contribution in [0, 0.1) is 0 Å². The lowest BCUT2D eigenvalue weighted by molar-refractivity contribution is -0.136. The van der Waals surface area contributed by atoms with E-state index in [-0.39, 0.29) is 17.1 Å². The van der Waals surface area contributed by atoms with Gasteiger partial charge in [-0.2, -0.15) is 0 Å². The first-order chi connectivity index (χ1) is 12.7. The Balaban J connectivity index is 2.13. The van der Waals surface area contributed by atoms with Gasteiger partial charge in [-0.05, 0) is 25.5 Å². The zero-order chi connectivity index (χ0) is 19.9. The molecule has 1 saturated heterocycles. The van der Waals surface area contributed by atoms with E-state index in [9.17, 15) is 18.0 Å². The lowest BCUT2D eigenvalue weighted by Gasteiger charge is -2.38. The minimum absolute atomic E-state index is 0.00204. The molecule has 1 aromatic rings. The van der Waals surface area contributed by atoms with Crippen molar-refractivity contribution in [3.63, 3.8) is 0 Å². The van der Waals surface area contributed by atoms with Gasteiger partial charge < -0.3 is 10.1 Å². The standard InChI is InChI=1S/C17H18Cl2N2O5S/c1-9-13(16(22)26-2)15(14-11(18)4-3-5-12(14)19)20-17(23)21(9)10-6-7-27(24,25)8-10/h3-5,10,15H,6-8H2,1-2H3,(H,20,23)/t10-,15+/m0/s1. The van der Waals surface area contributed by atoms with Crippen LogP contribution in [0.2, 0.25) is 10.0 Å². The fraction of sp³-hybridized carbons (Fsp3) is 0.412. The molecule has 10 heteroatoms. The van der Waals surface area contributed by atoms with Crippen LogP contribution in [0.4, 0.5) is 4.79 Å². The molecule has 0 aliphatic carbocycles. The van der Waals surface area contributed by atoms with Crippen LogP contribution in [0.15, 0.2) is 29.5 Å². The first-order valence-electron chi connectivity index (χ1n) is 8.19. The Morgan fingerprint density at radius 2 is 1.93 bits per heavy atom. The highest BCUT2D eigenvalue weighted by Crippen LogP contribution is 2.39. The number of carbonyl (C=O) groups is 2. The molecule has 0 unspecified atom stereocenters. The van der Waals surface area contributed by atoms with Crippen molar-refractivity contribution < 1.29 is 22.7 Å². The van der Waals surface area contributed by atoms with Crippen molar-refractivity contribution in [1.82, 2.24) is 10.2 Å². The summed E-state index contributed by atoms with van der Waals surface area (Å²) < 4.78 is 28.6. The second-order valence-corrected chi connectivity index (χ2v) is 9.48. The Hall–Kier alpha value is -1.77. The molecule has 1 fully saturated rings. The molecule has 2 aliphatic heterocycles. The maximum absolute atomic E-state index is 12.8. The van der Waals surface area contributed by atoms with E-state index in [0.29, 0.717) is 27.7 Å². The molecule has 0 aromatic heterocycles. The molecule has 0 spiro atoms. The minimum atomic E-state index is -3.22. The molecule has 2 amide bonds. The van der Waals surface area contributed by atoms with Crippen LogP contribution in [0.3, 0.4) is 0 Å². The van der Waals surface area contributed by atoms with Crippen molar-refractivity contribution in [2.24, 2.45) is 0 Å². The third-order valence-electron chi connectivity index (χ3n) is 4.79. The minimum Gasteiger partial charge on any atom is -0.466 e. The summed E-state index contributed by atoms with van der Waals surface area (Å²) in [5, 5.41) is 3.31. The number of esters is 1. The van der Waals surface area contributed by atoms with E-state index in [1.807, 2.05) is 0 Å². The average Bonchev–Trinajstić information content (AvgIpc) is 2.93. The lowest BCUT2D eigenvalue weighted by Crippen LogP contribution is -2.52. The zero-order valence-corrected chi connectivity index (χ0v) is 17.0. The number of hydrogen-bond donors (Lipinski definition) is 1. The number of halogens is 2. The van der Waals surface area contributed by atoms with Gasteiger partial charge in [0, 0.05) is 21.3 Å². The fourth-order valence-electron chi connectivity index (χ4n) is 3.55. The normalized spacial score (nSPS) is 24.7. The highest BCUT2D eigenvalue weighted by molar-refractivity contribution is 7.91. The third-order valence-corrected chi connectivity index (χ3v) is 7.20. The van der Waals surface area contributed by atoms with Gasteiger partial charge in [-0.25, -0.2) is 18.0 Å². The molecule has 0 saturated carbocycles. The molecule has 2 aliphatic rings. The highest BCUT2D eigenvalue weighted by Gasteiger charge is 2.43. The number of ether oxygens (including phenoxy) is 1. The Labute approximate surface area is 167 Å². The van der Waals surface area contributed by atoms with E-state index in [1.165, 1.54) is 12.0 Å². The number of urea groups is 1. The summed E-state index contributed by atoms with van der Waals surface area (Å²) in [7, 11) is -1.99. The number of rotatable bonds is 3. The molecule has 3 rings (SSSR count). The molecule has 1 N–H and O–H groups in total. The lowest BCUT2D eigenvalue weighted by atomic mass is 9.94. The molecule has 27 heavy (non-hydrogen) atoms. The first-order valence-corrected chi connectivity index (χ1v) is 10.8. The molecular weight excluding hydrogens is 415 g/mol. The van der Waals surface area contributed by atoms with Crippen LogP contribution in [0.1, 0.15) is 24.9 Å². The number of amides is 2. The van der Waals surface area contributed by atoms with Gasteiger partial charge in [0.25, 0.3) is 0 Å². The maximum atomic E-state index is 12.8. The fourth-order valence-corrected chi connectivity index (χ4v) is 5.87. The number of allylic oxidation sites excluding steroid dienone is 1. The van der Waals surface area contributed by atoms with Crippen molar-refractivity contribution in [3.05, 3.63) is 45.1 Å². The SMILES string of the molecule is COC(=O)C1=C(C)N([C@H]2CCS(=O)(=O)C2)C(=O)N[C@H]1c1c(Cl)cccc1Cl. The predicted molar refractivity (Wildman–Crippen MR) is 101 cm³/mol. The van der Waals surface area contributed by atoms with Crippen molar-refractivity contribution in [1.29, 1.82) is 0 Å². The summed E-state index contributed by atoms with van der Waals surface area (Å²) in [5.74, 6) is -0.800. The Morgan fingerprint density at radius 3 is 2.44 bits per heavy atom. The summed E-state index contributed by atoms with van der Waals surface area (Å²) in [4.78, 5) is 26.6.